The first-order valence-electron chi connectivity index (χ1n) is 14.9. The Hall–Kier alpha value is -3.07. The number of ether oxygens (including phenoxy) is 1. The lowest BCUT2D eigenvalue weighted by atomic mass is 9.68. The maximum absolute atomic E-state index is 13.1. The highest BCUT2D eigenvalue weighted by atomic mass is 35.5. The number of anilines is 1. The summed E-state index contributed by atoms with van der Waals surface area (Å²) in [6, 6.07) is 11.1. The van der Waals surface area contributed by atoms with Crippen molar-refractivity contribution in [3.63, 3.8) is 0 Å². The van der Waals surface area contributed by atoms with E-state index in [-0.39, 0.29) is 29.4 Å². The maximum atomic E-state index is 13.1. The van der Waals surface area contributed by atoms with Gasteiger partial charge in [0.05, 0.1) is 24.8 Å². The molecule has 1 spiro atoms. The molecule has 2 bridgehead atoms. The molecule has 0 saturated heterocycles. The Kier molecular flexibility index (Phi) is 7.75. The van der Waals surface area contributed by atoms with Crippen LogP contribution in [-0.2, 0) is 27.0 Å². The van der Waals surface area contributed by atoms with Crippen molar-refractivity contribution >= 4 is 29.2 Å². The minimum atomic E-state index is -2.40. The van der Waals surface area contributed by atoms with Crippen molar-refractivity contribution in [2.75, 3.05) is 38.2 Å². The fourth-order valence-electron chi connectivity index (χ4n) is 7.38. The van der Waals surface area contributed by atoms with Crippen LogP contribution in [0.1, 0.15) is 55.2 Å². The Morgan fingerprint density at radius 2 is 1.98 bits per heavy atom. The zero-order valence-electron chi connectivity index (χ0n) is 24.0. The topological polar surface area (TPSA) is 111 Å². The largest absolute Gasteiger partial charge is 0.490 e. The molecule has 8 nitrogen and oxygen atoms in total. The van der Waals surface area contributed by atoms with Gasteiger partial charge in [0, 0.05) is 37.1 Å². The predicted octanol–water partition coefficient (Wildman–Crippen LogP) is 4.28. The third kappa shape index (κ3) is 5.18. The average Bonchev–Trinajstić information content (AvgIpc) is 3.09. The summed E-state index contributed by atoms with van der Waals surface area (Å²) in [7, 11) is 1.58. The number of aryl methyl sites for hydroxylation is 1. The summed E-state index contributed by atoms with van der Waals surface area (Å²) < 4.78 is 6.52. The number of carboxylic acids is 1. The van der Waals surface area contributed by atoms with Crippen LogP contribution in [0, 0.1) is 11.8 Å². The molecule has 2 aromatic rings. The molecule has 0 unspecified atom stereocenters. The third-order valence-electron chi connectivity index (χ3n) is 10.1. The van der Waals surface area contributed by atoms with E-state index in [0.29, 0.717) is 42.6 Å². The summed E-state index contributed by atoms with van der Waals surface area (Å²) in [4.78, 5) is 29.3. The molecule has 2 aliphatic heterocycles. The number of rotatable bonds is 1. The lowest BCUT2D eigenvalue weighted by Crippen LogP contribution is -2.49. The highest BCUT2D eigenvalue weighted by Crippen LogP contribution is 2.47. The molecule has 0 aromatic heterocycles. The molecule has 4 aliphatic rings. The fraction of sp³-hybridized carbons (Fsp3) is 0.515. The van der Waals surface area contributed by atoms with Crippen LogP contribution in [0.3, 0.4) is 0 Å². The van der Waals surface area contributed by atoms with Crippen LogP contribution in [0.4, 0.5) is 5.69 Å². The zero-order valence-corrected chi connectivity index (χ0v) is 24.7. The Bertz CT molecular complexity index is 1410. The van der Waals surface area contributed by atoms with Gasteiger partial charge in [-0.2, -0.15) is 0 Å². The number of carboxylic acid groups (broad SMARTS) is 1. The quantitative estimate of drug-likeness (QED) is 0.423. The first kappa shape index (κ1) is 29.0. The van der Waals surface area contributed by atoms with E-state index in [1.54, 1.807) is 25.2 Å². The van der Waals surface area contributed by atoms with E-state index in [1.165, 1.54) is 16.0 Å². The van der Waals surface area contributed by atoms with E-state index in [0.717, 1.165) is 32.1 Å². The first-order chi connectivity index (χ1) is 20.1. The highest BCUT2D eigenvalue weighted by Gasteiger charge is 2.46. The van der Waals surface area contributed by atoms with E-state index in [4.69, 9.17) is 16.3 Å². The van der Waals surface area contributed by atoms with Crippen LogP contribution >= 0.6 is 11.6 Å². The Labute approximate surface area is 251 Å². The van der Waals surface area contributed by atoms with Crippen LogP contribution in [0.25, 0.3) is 0 Å². The lowest BCUT2D eigenvalue weighted by Gasteiger charge is -2.45. The van der Waals surface area contributed by atoms with Gasteiger partial charge in [0.15, 0.2) is 5.60 Å². The van der Waals surface area contributed by atoms with Crippen LogP contribution in [0.5, 0.6) is 5.75 Å². The highest BCUT2D eigenvalue weighted by molar-refractivity contribution is 6.30. The molecule has 9 heteroatoms. The van der Waals surface area contributed by atoms with Gasteiger partial charge in [0.1, 0.15) is 5.75 Å². The summed E-state index contributed by atoms with van der Waals surface area (Å²) in [5.74, 6) is -0.950. The van der Waals surface area contributed by atoms with Crippen molar-refractivity contribution in [1.29, 1.82) is 0 Å². The average molecular weight is 595 g/mol. The van der Waals surface area contributed by atoms with Crippen molar-refractivity contribution in [2.45, 2.75) is 62.1 Å². The molecule has 3 N–H and O–H groups in total. The molecular formula is C33H39ClN2O6. The van der Waals surface area contributed by atoms with E-state index < -0.39 is 30.0 Å². The number of carbonyl (C=O) groups excluding carboxylic acids is 1. The van der Waals surface area contributed by atoms with Crippen molar-refractivity contribution in [1.82, 2.24) is 4.90 Å². The predicted molar refractivity (Wildman–Crippen MR) is 160 cm³/mol. The number of amides is 1. The van der Waals surface area contributed by atoms with Gasteiger partial charge in [0.2, 0.25) is 5.91 Å². The molecule has 1 amide bonds. The van der Waals surface area contributed by atoms with Crippen molar-refractivity contribution in [3.05, 3.63) is 70.3 Å². The minimum absolute atomic E-state index is 0.141. The number of fused-ring (bicyclic) bond motifs is 4. The molecule has 6 rings (SSSR count). The number of hydrogen-bond acceptors (Lipinski definition) is 6. The molecule has 1 saturated carbocycles. The minimum Gasteiger partial charge on any atom is -0.490 e. The zero-order chi connectivity index (χ0) is 29.6. The Morgan fingerprint density at radius 1 is 1.14 bits per heavy atom. The van der Waals surface area contributed by atoms with Gasteiger partial charge >= 0.3 is 5.97 Å². The number of aliphatic hydroxyl groups excluding tert-OH is 1. The fourth-order valence-corrected chi connectivity index (χ4v) is 7.58. The van der Waals surface area contributed by atoms with E-state index in [2.05, 4.69) is 17.0 Å². The number of nitrogens with zero attached hydrogens (tertiary/aromatic N) is 2. The van der Waals surface area contributed by atoms with Gasteiger partial charge < -0.3 is 29.9 Å². The summed E-state index contributed by atoms with van der Waals surface area (Å²) in [5.41, 5.74) is 0.594. The van der Waals surface area contributed by atoms with Gasteiger partial charge in [-0.3, -0.25) is 4.79 Å². The normalized spacial score (nSPS) is 32.2. The number of hydrogen-bond donors (Lipinski definition) is 3. The number of halogens is 1. The van der Waals surface area contributed by atoms with Crippen LogP contribution in [0.2, 0.25) is 5.02 Å². The second-order valence-electron chi connectivity index (χ2n) is 12.7. The van der Waals surface area contributed by atoms with Crippen LogP contribution < -0.4 is 9.64 Å². The Morgan fingerprint density at radius 3 is 2.74 bits per heavy atom. The molecule has 0 radical (unpaired) electrons. The molecule has 2 heterocycles. The number of carbonyl (C=O) groups is 2. The number of aliphatic hydroxyl groups is 2. The number of likely N-dealkylation sites (N-methyl/N-ethyl adjacent to an activating group) is 1. The smallest absolute Gasteiger partial charge is 0.340 e. The molecule has 2 aromatic carbocycles. The summed E-state index contributed by atoms with van der Waals surface area (Å²) in [6.07, 6.45) is 7.93. The molecule has 42 heavy (non-hydrogen) atoms. The first-order valence-corrected chi connectivity index (χ1v) is 15.3. The standard InChI is InChI=1S/C33H39ClN2O6/c1-35-14-3-2-6-28(37)25-10-7-22(25)18-36-19-32(13-4-5-21-15-24(34)9-11-26(21)32)20-42-29-12-8-23(16-27(29)36)33(41,31(39)40)17-30(35)38/h2-3,8-9,11-12,15-16,22,25,28,37,41H,4-7,10,13-14,17-20H2,1H3,(H,39,40)/b3-2-/t22-,25+,28-,32-,33-/m0/s1. The van der Waals surface area contributed by atoms with E-state index in [9.17, 15) is 24.9 Å². The molecular weight excluding hydrogens is 556 g/mol. The molecule has 224 valence electrons. The van der Waals surface area contributed by atoms with Crippen molar-refractivity contribution < 1.29 is 29.6 Å². The summed E-state index contributed by atoms with van der Waals surface area (Å²) >= 11 is 6.38. The summed E-state index contributed by atoms with van der Waals surface area (Å²) in [5, 5.41) is 33.5. The molecule has 2 aliphatic carbocycles. The van der Waals surface area contributed by atoms with E-state index >= 15 is 0 Å². The second kappa shape index (κ2) is 11.2. The van der Waals surface area contributed by atoms with Crippen molar-refractivity contribution in [3.8, 4) is 5.75 Å². The van der Waals surface area contributed by atoms with Crippen LogP contribution in [-0.4, -0.2) is 71.5 Å². The maximum Gasteiger partial charge on any atom is 0.340 e. The number of benzene rings is 2. The van der Waals surface area contributed by atoms with Gasteiger partial charge in [-0.25, -0.2) is 4.79 Å². The van der Waals surface area contributed by atoms with Gasteiger partial charge in [-0.15, -0.1) is 0 Å². The number of aliphatic carboxylic acids is 1. The van der Waals surface area contributed by atoms with Gasteiger partial charge in [-0.1, -0.05) is 35.9 Å². The third-order valence-corrected chi connectivity index (χ3v) is 10.3. The monoisotopic (exact) mass is 594 g/mol. The lowest BCUT2D eigenvalue weighted by molar-refractivity contribution is -0.164. The molecule has 5 atom stereocenters. The summed E-state index contributed by atoms with van der Waals surface area (Å²) in [6.45, 7) is 2.03. The molecule has 1 fully saturated rings. The van der Waals surface area contributed by atoms with E-state index in [1.807, 2.05) is 18.2 Å². The van der Waals surface area contributed by atoms with Gasteiger partial charge in [0.25, 0.3) is 0 Å². The second-order valence-corrected chi connectivity index (χ2v) is 13.1. The van der Waals surface area contributed by atoms with Crippen molar-refractivity contribution in [2.24, 2.45) is 11.8 Å². The SMILES string of the molecule is CN1C/C=C\C[C@H](O)[C@@H]2CC[C@H]2CN2C[C@@]3(CCCc4cc(Cl)ccc43)COc3ccc(cc32)[C@](O)(C(=O)O)CC1=O. The Balaban J connectivity index is 1.46. The van der Waals surface area contributed by atoms with Crippen LogP contribution in [0.15, 0.2) is 48.6 Å². The van der Waals surface area contributed by atoms with Gasteiger partial charge in [-0.05, 0) is 91.3 Å².